The summed E-state index contributed by atoms with van der Waals surface area (Å²) in [5.74, 6) is 5.21. The molecule has 0 atom stereocenters. The monoisotopic (exact) mass is 160 g/mol. The lowest BCUT2D eigenvalue weighted by Crippen LogP contribution is -2.41. The second-order valence-electron chi connectivity index (χ2n) is 2.57. The standard InChI is InChI=1S/C7H16N2O2/c1-4-11-7(10)5-9(8)6(2)3/h6H,4-5,8H2,1-3H3. The third kappa shape index (κ3) is 4.75. The predicted molar refractivity (Wildman–Crippen MR) is 42.7 cm³/mol. The van der Waals surface area contributed by atoms with Gasteiger partial charge >= 0.3 is 5.97 Å². The molecule has 11 heavy (non-hydrogen) atoms. The molecule has 0 radical (unpaired) electrons. The summed E-state index contributed by atoms with van der Waals surface area (Å²) >= 11 is 0. The zero-order chi connectivity index (χ0) is 8.85. The Morgan fingerprint density at radius 1 is 1.64 bits per heavy atom. The molecule has 2 N–H and O–H groups in total. The molecule has 0 aromatic carbocycles. The Balaban J connectivity index is 3.57. The van der Waals surface area contributed by atoms with E-state index in [0.717, 1.165) is 0 Å². The Kier molecular flexibility index (Phi) is 4.81. The molecule has 0 aromatic heterocycles. The lowest BCUT2D eigenvalue weighted by atomic mass is 10.4. The van der Waals surface area contributed by atoms with E-state index in [4.69, 9.17) is 10.6 Å². The highest BCUT2D eigenvalue weighted by Crippen LogP contribution is 1.90. The maximum Gasteiger partial charge on any atom is 0.321 e. The molecule has 4 nitrogen and oxygen atoms in total. The van der Waals surface area contributed by atoms with Crippen LogP contribution in [0, 0.1) is 0 Å². The Labute approximate surface area is 67.3 Å². The molecule has 0 bridgehead atoms. The summed E-state index contributed by atoms with van der Waals surface area (Å²) in [5, 5.41) is 1.44. The van der Waals surface area contributed by atoms with Crippen molar-refractivity contribution >= 4 is 5.97 Å². The largest absolute Gasteiger partial charge is 0.465 e. The van der Waals surface area contributed by atoms with Crippen LogP contribution in [-0.4, -0.2) is 30.2 Å². The summed E-state index contributed by atoms with van der Waals surface area (Å²) in [4.78, 5) is 10.8. The first-order valence-electron chi connectivity index (χ1n) is 3.74. The van der Waals surface area contributed by atoms with Gasteiger partial charge in [-0.15, -0.1) is 0 Å². The maximum absolute atomic E-state index is 10.8. The highest BCUT2D eigenvalue weighted by Gasteiger charge is 2.09. The molecule has 66 valence electrons. The van der Waals surface area contributed by atoms with Gasteiger partial charge in [0, 0.05) is 6.04 Å². The van der Waals surface area contributed by atoms with Crippen LogP contribution >= 0.6 is 0 Å². The van der Waals surface area contributed by atoms with Crippen LogP contribution in [0.1, 0.15) is 20.8 Å². The van der Waals surface area contributed by atoms with Gasteiger partial charge in [0.2, 0.25) is 0 Å². The first-order chi connectivity index (χ1) is 5.07. The van der Waals surface area contributed by atoms with E-state index in [-0.39, 0.29) is 18.6 Å². The molecule has 0 saturated heterocycles. The fourth-order valence-electron chi connectivity index (χ4n) is 0.538. The molecule has 0 aliphatic rings. The number of esters is 1. The van der Waals surface area contributed by atoms with Gasteiger partial charge in [0.1, 0.15) is 6.54 Å². The summed E-state index contributed by atoms with van der Waals surface area (Å²) < 4.78 is 4.70. The predicted octanol–water partition coefficient (Wildman–Crippen LogP) is 0.134. The van der Waals surface area contributed by atoms with Crippen LogP contribution in [0.2, 0.25) is 0 Å². The SMILES string of the molecule is CCOC(=O)CN(N)C(C)C. The van der Waals surface area contributed by atoms with Gasteiger partial charge in [0.05, 0.1) is 6.61 Å². The second kappa shape index (κ2) is 5.09. The molecule has 0 spiro atoms. The number of nitrogens with zero attached hydrogens (tertiary/aromatic N) is 1. The van der Waals surface area contributed by atoms with Crippen molar-refractivity contribution in [1.29, 1.82) is 0 Å². The number of hydrogen-bond donors (Lipinski definition) is 1. The molecule has 0 aliphatic heterocycles. The van der Waals surface area contributed by atoms with Gasteiger partial charge in [-0.25, -0.2) is 5.01 Å². The number of nitrogens with two attached hydrogens (primary N) is 1. The third-order valence-corrected chi connectivity index (χ3v) is 1.28. The minimum atomic E-state index is -0.274. The Bertz CT molecular complexity index is 126. The topological polar surface area (TPSA) is 55.6 Å². The molecule has 0 unspecified atom stereocenters. The molecule has 0 heterocycles. The zero-order valence-electron chi connectivity index (χ0n) is 7.33. The number of hydrogen-bond acceptors (Lipinski definition) is 4. The van der Waals surface area contributed by atoms with Gasteiger partial charge in [-0.3, -0.25) is 10.6 Å². The van der Waals surface area contributed by atoms with Crippen molar-refractivity contribution in [1.82, 2.24) is 5.01 Å². The first-order valence-corrected chi connectivity index (χ1v) is 3.74. The van der Waals surface area contributed by atoms with E-state index in [2.05, 4.69) is 0 Å². The van der Waals surface area contributed by atoms with E-state index >= 15 is 0 Å². The number of rotatable bonds is 4. The third-order valence-electron chi connectivity index (χ3n) is 1.28. The van der Waals surface area contributed by atoms with Crippen LogP contribution in [0.25, 0.3) is 0 Å². The van der Waals surface area contributed by atoms with Crippen LogP contribution in [-0.2, 0) is 9.53 Å². The number of carbonyl (C=O) groups is 1. The van der Waals surface area contributed by atoms with Crippen molar-refractivity contribution in [3.8, 4) is 0 Å². The van der Waals surface area contributed by atoms with E-state index in [1.165, 1.54) is 5.01 Å². The summed E-state index contributed by atoms with van der Waals surface area (Å²) in [6.07, 6.45) is 0. The van der Waals surface area contributed by atoms with Crippen LogP contribution in [0.4, 0.5) is 0 Å². The molecular formula is C7H16N2O2. The zero-order valence-corrected chi connectivity index (χ0v) is 7.33. The van der Waals surface area contributed by atoms with Crippen LogP contribution in [0.5, 0.6) is 0 Å². The smallest absolute Gasteiger partial charge is 0.321 e. The van der Waals surface area contributed by atoms with Crippen molar-refractivity contribution in [2.45, 2.75) is 26.8 Å². The molecular weight excluding hydrogens is 144 g/mol. The minimum Gasteiger partial charge on any atom is -0.465 e. The van der Waals surface area contributed by atoms with Crippen molar-refractivity contribution in [2.75, 3.05) is 13.2 Å². The Morgan fingerprint density at radius 3 is 2.55 bits per heavy atom. The molecule has 4 heteroatoms. The number of hydrazine groups is 1. The van der Waals surface area contributed by atoms with Crippen molar-refractivity contribution in [2.24, 2.45) is 5.84 Å². The van der Waals surface area contributed by atoms with Gasteiger partial charge < -0.3 is 4.74 Å². The lowest BCUT2D eigenvalue weighted by molar-refractivity contribution is -0.144. The van der Waals surface area contributed by atoms with Crippen molar-refractivity contribution < 1.29 is 9.53 Å². The first kappa shape index (κ1) is 10.4. The van der Waals surface area contributed by atoms with Gasteiger partial charge in [0.25, 0.3) is 0 Å². The summed E-state index contributed by atoms with van der Waals surface area (Å²) in [6, 6.07) is 0.166. The highest BCUT2D eigenvalue weighted by atomic mass is 16.5. The highest BCUT2D eigenvalue weighted by molar-refractivity contribution is 5.71. The van der Waals surface area contributed by atoms with Crippen molar-refractivity contribution in [3.05, 3.63) is 0 Å². The second-order valence-corrected chi connectivity index (χ2v) is 2.57. The number of ether oxygens (including phenoxy) is 1. The summed E-state index contributed by atoms with van der Waals surface area (Å²) in [7, 11) is 0. The molecule has 0 aliphatic carbocycles. The summed E-state index contributed by atoms with van der Waals surface area (Å²) in [5.41, 5.74) is 0. The Morgan fingerprint density at radius 2 is 2.18 bits per heavy atom. The van der Waals surface area contributed by atoms with E-state index in [1.54, 1.807) is 6.92 Å². The number of carbonyl (C=O) groups excluding carboxylic acids is 1. The summed E-state index contributed by atoms with van der Waals surface area (Å²) in [6.45, 7) is 6.17. The van der Waals surface area contributed by atoms with Crippen LogP contribution in [0.3, 0.4) is 0 Å². The lowest BCUT2D eigenvalue weighted by Gasteiger charge is -2.18. The quantitative estimate of drug-likeness (QED) is 0.361. The fourth-order valence-corrected chi connectivity index (χ4v) is 0.538. The van der Waals surface area contributed by atoms with E-state index in [0.29, 0.717) is 6.61 Å². The van der Waals surface area contributed by atoms with Crippen LogP contribution in [0.15, 0.2) is 0 Å². The average molecular weight is 160 g/mol. The maximum atomic E-state index is 10.8. The van der Waals surface area contributed by atoms with Gasteiger partial charge in [-0.2, -0.15) is 0 Å². The minimum absolute atomic E-state index is 0.158. The molecule has 0 aromatic rings. The van der Waals surface area contributed by atoms with Gasteiger partial charge in [-0.05, 0) is 20.8 Å². The van der Waals surface area contributed by atoms with Gasteiger partial charge in [-0.1, -0.05) is 0 Å². The molecule has 0 rings (SSSR count). The Hall–Kier alpha value is -0.610. The van der Waals surface area contributed by atoms with E-state index in [9.17, 15) is 4.79 Å². The van der Waals surface area contributed by atoms with Crippen molar-refractivity contribution in [3.63, 3.8) is 0 Å². The molecule has 0 saturated carbocycles. The van der Waals surface area contributed by atoms with Gasteiger partial charge in [0.15, 0.2) is 0 Å². The van der Waals surface area contributed by atoms with E-state index in [1.807, 2.05) is 13.8 Å². The average Bonchev–Trinajstić information content (AvgIpc) is 1.87. The fraction of sp³-hybridized carbons (Fsp3) is 0.857. The normalized spacial score (nSPS) is 10.7. The van der Waals surface area contributed by atoms with E-state index < -0.39 is 0 Å². The van der Waals surface area contributed by atoms with Crippen LogP contribution < -0.4 is 5.84 Å². The molecule has 0 fully saturated rings. The molecule has 0 amide bonds.